The van der Waals surface area contributed by atoms with E-state index in [0.29, 0.717) is 63.5 Å². The van der Waals surface area contributed by atoms with Crippen molar-refractivity contribution in [2.24, 2.45) is 5.92 Å². The van der Waals surface area contributed by atoms with Gasteiger partial charge in [-0.3, -0.25) is 14.4 Å². The molecule has 1 aromatic rings. The van der Waals surface area contributed by atoms with Gasteiger partial charge in [0.1, 0.15) is 6.10 Å². The first kappa shape index (κ1) is 28.1. The molecule has 10 heteroatoms. The molecule has 2 atom stereocenters. The Morgan fingerprint density at radius 2 is 1.83 bits per heavy atom. The van der Waals surface area contributed by atoms with Crippen molar-refractivity contribution in [3.05, 3.63) is 23.8 Å². The molecular weight excluding hydrogens is 484 g/mol. The Morgan fingerprint density at radius 3 is 2.61 bits per heavy atom. The minimum absolute atomic E-state index is 0. The van der Waals surface area contributed by atoms with E-state index in [4.69, 9.17) is 9.47 Å². The van der Waals surface area contributed by atoms with Gasteiger partial charge in [0, 0.05) is 51.5 Å². The van der Waals surface area contributed by atoms with Crippen molar-refractivity contribution in [3.63, 3.8) is 0 Å². The summed E-state index contributed by atoms with van der Waals surface area (Å²) in [6.07, 6.45) is 5.78. The summed E-state index contributed by atoms with van der Waals surface area (Å²) in [4.78, 5) is 39.6. The summed E-state index contributed by atoms with van der Waals surface area (Å²) in [6, 6.07) is 5.44. The number of methoxy groups -OCH3 is 1. The highest BCUT2D eigenvalue weighted by Gasteiger charge is 2.33. The Labute approximate surface area is 219 Å². The normalized spacial score (nSPS) is 24.3. The molecule has 0 radical (unpaired) electrons. The van der Waals surface area contributed by atoms with Crippen LogP contribution in [0.2, 0.25) is 0 Å². The van der Waals surface area contributed by atoms with Crippen molar-refractivity contribution in [2.45, 2.75) is 63.5 Å². The van der Waals surface area contributed by atoms with Gasteiger partial charge in [0.15, 0.2) is 11.5 Å². The van der Waals surface area contributed by atoms with E-state index in [1.165, 1.54) is 0 Å². The average molecular weight is 523 g/mol. The predicted molar refractivity (Wildman–Crippen MR) is 139 cm³/mol. The predicted octanol–water partition coefficient (Wildman–Crippen LogP) is 1.81. The van der Waals surface area contributed by atoms with E-state index >= 15 is 0 Å². The van der Waals surface area contributed by atoms with Crippen molar-refractivity contribution < 1.29 is 23.9 Å². The lowest BCUT2D eigenvalue weighted by atomic mass is 10.1. The van der Waals surface area contributed by atoms with Gasteiger partial charge in [-0.1, -0.05) is 6.07 Å². The Hall–Kier alpha value is -2.52. The number of carbonyl (C=O) groups is 3. The zero-order chi connectivity index (χ0) is 24.6. The molecule has 3 N–H and O–H groups in total. The number of carbonyl (C=O) groups excluding carboxylic acids is 3. The maximum absolute atomic E-state index is 12.7. The number of hydrogen-bond donors (Lipinski definition) is 3. The van der Waals surface area contributed by atoms with Gasteiger partial charge in [-0.2, -0.15) is 0 Å². The molecule has 1 saturated carbocycles. The van der Waals surface area contributed by atoms with Crippen molar-refractivity contribution in [1.82, 2.24) is 20.9 Å². The van der Waals surface area contributed by atoms with Gasteiger partial charge in [0.25, 0.3) is 0 Å². The van der Waals surface area contributed by atoms with E-state index in [0.717, 1.165) is 37.7 Å². The Bertz CT molecular complexity index is 910. The molecule has 2 fully saturated rings. The fraction of sp³-hybridized carbons (Fsp3) is 0.654. The maximum atomic E-state index is 12.7. The van der Waals surface area contributed by atoms with Crippen LogP contribution >= 0.6 is 12.4 Å². The van der Waals surface area contributed by atoms with E-state index in [2.05, 4.69) is 16.0 Å². The summed E-state index contributed by atoms with van der Waals surface area (Å²) in [6.45, 7) is 3.05. The van der Waals surface area contributed by atoms with Crippen LogP contribution in [0, 0.1) is 5.92 Å². The first-order chi connectivity index (χ1) is 17.0. The van der Waals surface area contributed by atoms with Gasteiger partial charge < -0.3 is 30.3 Å². The van der Waals surface area contributed by atoms with Crippen LogP contribution < -0.4 is 25.4 Å². The molecule has 200 valence electrons. The Morgan fingerprint density at radius 1 is 1.06 bits per heavy atom. The molecule has 9 nitrogen and oxygen atoms in total. The third-order valence-electron chi connectivity index (χ3n) is 6.89. The van der Waals surface area contributed by atoms with Crippen LogP contribution in [0.4, 0.5) is 0 Å². The molecule has 1 aromatic carbocycles. The number of ether oxygens (including phenoxy) is 2. The number of nitrogens with zero attached hydrogens (tertiary/aromatic N) is 1. The molecule has 36 heavy (non-hydrogen) atoms. The molecule has 4 bridgehead atoms. The van der Waals surface area contributed by atoms with Crippen LogP contribution in [0.1, 0.15) is 50.5 Å². The highest BCUT2D eigenvalue weighted by molar-refractivity contribution is 5.85. The van der Waals surface area contributed by atoms with E-state index in [1.807, 2.05) is 23.1 Å². The first-order valence-electron chi connectivity index (χ1n) is 12.9. The molecule has 0 aromatic heterocycles. The minimum Gasteiger partial charge on any atom is -0.493 e. The van der Waals surface area contributed by atoms with E-state index in [-0.39, 0.29) is 48.2 Å². The largest absolute Gasteiger partial charge is 0.493 e. The molecule has 0 spiro atoms. The lowest BCUT2D eigenvalue weighted by molar-refractivity contribution is -0.132. The first-order valence-corrected chi connectivity index (χ1v) is 12.9. The van der Waals surface area contributed by atoms with Gasteiger partial charge in [-0.05, 0) is 56.2 Å². The highest BCUT2D eigenvalue weighted by Crippen LogP contribution is 2.32. The molecule has 1 aliphatic carbocycles. The second-order valence-electron chi connectivity index (χ2n) is 9.72. The highest BCUT2D eigenvalue weighted by atomic mass is 35.5. The number of benzene rings is 1. The van der Waals surface area contributed by atoms with E-state index < -0.39 is 0 Å². The van der Waals surface area contributed by atoms with Crippen LogP contribution in [0.3, 0.4) is 0 Å². The summed E-state index contributed by atoms with van der Waals surface area (Å²) < 4.78 is 11.7. The van der Waals surface area contributed by atoms with Crippen molar-refractivity contribution in [2.75, 3.05) is 39.8 Å². The summed E-state index contributed by atoms with van der Waals surface area (Å²) in [5.74, 6) is 1.66. The van der Waals surface area contributed by atoms with E-state index in [9.17, 15) is 14.4 Å². The van der Waals surface area contributed by atoms with Gasteiger partial charge in [0.05, 0.1) is 13.2 Å². The molecule has 3 heterocycles. The topological polar surface area (TPSA) is 109 Å². The fourth-order valence-electron chi connectivity index (χ4n) is 4.66. The van der Waals surface area contributed by atoms with Crippen molar-refractivity contribution >= 4 is 30.1 Å². The molecular formula is C26H39ClN4O5. The standard InChI is InChI=1S/C26H38N4O5.ClH/c1-34-23-15-18-5-9-22(23)35-20-16-21(29-17-20)25(32)28-11-2-3-13-30(26(33)19-7-8-19)14-4-12-27-24(31)10-6-18;/h5,9,15,19-21,29H,2-4,6-8,10-14,16-17H2,1H3,(H,27,31)(H,28,32);1H/t20-,21-;/m0./s1. The van der Waals surface area contributed by atoms with Gasteiger partial charge >= 0.3 is 0 Å². The number of aryl methyl sites for hydroxylation is 1. The lowest BCUT2D eigenvalue weighted by Gasteiger charge is -2.23. The summed E-state index contributed by atoms with van der Waals surface area (Å²) in [5, 5.41) is 9.25. The van der Waals surface area contributed by atoms with Crippen LogP contribution in [-0.2, 0) is 20.8 Å². The number of rotatable bonds is 2. The molecule has 3 amide bonds. The van der Waals surface area contributed by atoms with Crippen LogP contribution in [0.5, 0.6) is 11.5 Å². The SMILES string of the molecule is COc1cc2ccc1O[C@@H]1CN[C@@H](C1)C(=O)NCCCCN(C(=O)C1CC1)CCCNC(=O)CC2.Cl. The minimum atomic E-state index is -0.283. The number of nitrogens with one attached hydrogen (secondary N) is 3. The van der Waals surface area contributed by atoms with Crippen LogP contribution in [0.15, 0.2) is 18.2 Å². The second kappa shape index (κ2) is 13.7. The van der Waals surface area contributed by atoms with Gasteiger partial charge in [0.2, 0.25) is 17.7 Å². The van der Waals surface area contributed by atoms with Crippen LogP contribution in [-0.4, -0.2) is 74.6 Å². The third kappa shape index (κ3) is 8.00. The van der Waals surface area contributed by atoms with Crippen molar-refractivity contribution in [1.29, 1.82) is 0 Å². The maximum Gasteiger partial charge on any atom is 0.237 e. The Kier molecular flexibility index (Phi) is 10.7. The zero-order valence-electron chi connectivity index (χ0n) is 21.1. The Balaban J connectivity index is 0.00000361. The number of hydrogen-bond acceptors (Lipinski definition) is 6. The van der Waals surface area contributed by atoms with E-state index in [1.54, 1.807) is 7.11 Å². The second-order valence-corrected chi connectivity index (χ2v) is 9.72. The molecule has 5 rings (SSSR count). The molecule has 0 unspecified atom stereocenters. The lowest BCUT2D eigenvalue weighted by Crippen LogP contribution is -2.41. The zero-order valence-corrected chi connectivity index (χ0v) is 21.9. The molecule has 4 aliphatic rings. The summed E-state index contributed by atoms with van der Waals surface area (Å²) in [7, 11) is 1.60. The van der Waals surface area contributed by atoms with Gasteiger partial charge in [-0.15, -0.1) is 12.4 Å². The fourth-order valence-corrected chi connectivity index (χ4v) is 4.66. The summed E-state index contributed by atoms with van der Waals surface area (Å²) >= 11 is 0. The van der Waals surface area contributed by atoms with Crippen molar-refractivity contribution in [3.8, 4) is 11.5 Å². The quantitative estimate of drug-likeness (QED) is 0.546. The number of fused-ring (bicyclic) bond motifs is 15. The summed E-state index contributed by atoms with van der Waals surface area (Å²) in [5.41, 5.74) is 0.995. The van der Waals surface area contributed by atoms with Gasteiger partial charge in [-0.25, -0.2) is 0 Å². The number of halogens is 1. The molecule has 1 saturated heterocycles. The van der Waals surface area contributed by atoms with Crippen LogP contribution in [0.25, 0.3) is 0 Å². The monoisotopic (exact) mass is 522 g/mol. The average Bonchev–Trinajstić information content (AvgIpc) is 3.61. The number of amides is 3. The molecule has 3 aliphatic heterocycles. The third-order valence-corrected chi connectivity index (χ3v) is 6.89. The smallest absolute Gasteiger partial charge is 0.237 e.